The lowest BCUT2D eigenvalue weighted by molar-refractivity contribution is 0.111. The average molecular weight is 226 g/mol. The fourth-order valence-electron chi connectivity index (χ4n) is 1.94. The monoisotopic (exact) mass is 226 g/mol. The number of hydrogen-bond donors (Lipinski definition) is 0. The van der Waals surface area contributed by atoms with E-state index < -0.39 is 0 Å². The van der Waals surface area contributed by atoms with E-state index in [9.17, 15) is 4.79 Å². The molecule has 0 radical (unpaired) electrons. The Kier molecular flexibility index (Phi) is 2.08. The number of pyridine rings is 1. The molecule has 84 valence electrons. The number of rotatable bonds is 2. The van der Waals surface area contributed by atoms with Gasteiger partial charge in [0.05, 0.1) is 7.11 Å². The van der Waals surface area contributed by atoms with Crippen molar-refractivity contribution in [2.24, 2.45) is 0 Å². The summed E-state index contributed by atoms with van der Waals surface area (Å²) in [6.07, 6.45) is 4.35. The maximum atomic E-state index is 10.7. The van der Waals surface area contributed by atoms with Gasteiger partial charge in [0.15, 0.2) is 6.29 Å². The summed E-state index contributed by atoms with van der Waals surface area (Å²) in [5.41, 5.74) is 1.20. The standard InChI is InChI=1S/C13H10N2O2/c1-17-11-3-2-9-4-5-15-7-10(8-16)14-13(15)12(9)6-11/h2-8H,1H3. The van der Waals surface area contributed by atoms with E-state index in [1.807, 2.05) is 34.9 Å². The molecule has 17 heavy (non-hydrogen) atoms. The zero-order chi connectivity index (χ0) is 11.8. The van der Waals surface area contributed by atoms with Crippen molar-refractivity contribution in [3.05, 3.63) is 42.4 Å². The third-order valence-corrected chi connectivity index (χ3v) is 2.79. The van der Waals surface area contributed by atoms with Crippen LogP contribution in [0.4, 0.5) is 0 Å². The molecule has 0 unspecified atom stereocenters. The lowest BCUT2D eigenvalue weighted by Gasteiger charge is -2.03. The maximum Gasteiger partial charge on any atom is 0.170 e. The SMILES string of the molecule is COc1ccc2ccn3cc(C=O)nc3c2c1. The molecule has 1 aromatic carbocycles. The van der Waals surface area contributed by atoms with E-state index in [1.54, 1.807) is 13.3 Å². The molecule has 0 N–H and O–H groups in total. The Morgan fingerprint density at radius 3 is 3.00 bits per heavy atom. The van der Waals surface area contributed by atoms with Crippen LogP contribution in [0.25, 0.3) is 16.4 Å². The van der Waals surface area contributed by atoms with E-state index in [0.29, 0.717) is 5.69 Å². The highest BCUT2D eigenvalue weighted by Gasteiger charge is 2.06. The molecule has 4 heteroatoms. The smallest absolute Gasteiger partial charge is 0.170 e. The molecule has 2 aromatic heterocycles. The molecule has 3 rings (SSSR count). The zero-order valence-corrected chi connectivity index (χ0v) is 9.25. The van der Waals surface area contributed by atoms with Crippen LogP contribution in [0.3, 0.4) is 0 Å². The van der Waals surface area contributed by atoms with Gasteiger partial charge in [-0.1, -0.05) is 6.07 Å². The molecule has 0 saturated carbocycles. The number of hydrogen-bond acceptors (Lipinski definition) is 3. The van der Waals surface area contributed by atoms with Crippen molar-refractivity contribution in [1.82, 2.24) is 9.38 Å². The first-order valence-electron chi connectivity index (χ1n) is 5.22. The first-order valence-corrected chi connectivity index (χ1v) is 5.22. The van der Waals surface area contributed by atoms with Gasteiger partial charge in [0.2, 0.25) is 0 Å². The molecule has 0 fully saturated rings. The van der Waals surface area contributed by atoms with Gasteiger partial charge >= 0.3 is 0 Å². The number of ether oxygens (including phenoxy) is 1. The highest BCUT2D eigenvalue weighted by molar-refractivity contribution is 5.95. The first kappa shape index (κ1) is 9.84. The molecule has 2 heterocycles. The summed E-state index contributed by atoms with van der Waals surface area (Å²) in [5, 5.41) is 2.04. The molecular weight excluding hydrogens is 216 g/mol. The molecule has 0 saturated heterocycles. The molecule has 0 amide bonds. The maximum absolute atomic E-state index is 10.7. The van der Waals surface area contributed by atoms with E-state index >= 15 is 0 Å². The van der Waals surface area contributed by atoms with E-state index in [2.05, 4.69) is 4.98 Å². The van der Waals surface area contributed by atoms with Crippen molar-refractivity contribution >= 4 is 22.7 Å². The number of methoxy groups -OCH3 is 1. The van der Waals surface area contributed by atoms with Crippen molar-refractivity contribution in [2.75, 3.05) is 7.11 Å². The summed E-state index contributed by atoms with van der Waals surface area (Å²) in [4.78, 5) is 15.0. The second-order valence-electron chi connectivity index (χ2n) is 3.78. The van der Waals surface area contributed by atoms with Gasteiger partial charge in [-0.15, -0.1) is 0 Å². The minimum atomic E-state index is 0.431. The minimum absolute atomic E-state index is 0.431. The third kappa shape index (κ3) is 1.45. The van der Waals surface area contributed by atoms with Crippen LogP contribution in [0.5, 0.6) is 5.75 Å². The summed E-state index contributed by atoms with van der Waals surface area (Å²) < 4.78 is 7.04. The molecule has 0 bridgehead atoms. The summed E-state index contributed by atoms with van der Waals surface area (Å²) >= 11 is 0. The molecule has 0 atom stereocenters. The Bertz CT molecular complexity index is 716. The fourth-order valence-corrected chi connectivity index (χ4v) is 1.94. The normalized spacial score (nSPS) is 10.9. The molecule has 0 aliphatic rings. The number of carbonyl (C=O) groups excluding carboxylic acids is 1. The second-order valence-corrected chi connectivity index (χ2v) is 3.78. The highest BCUT2D eigenvalue weighted by atomic mass is 16.5. The molecule has 4 nitrogen and oxygen atoms in total. The van der Waals surface area contributed by atoms with Crippen molar-refractivity contribution in [1.29, 1.82) is 0 Å². The lowest BCUT2D eigenvalue weighted by Crippen LogP contribution is -1.87. The van der Waals surface area contributed by atoms with Crippen molar-refractivity contribution in [2.45, 2.75) is 0 Å². The zero-order valence-electron chi connectivity index (χ0n) is 9.25. The van der Waals surface area contributed by atoms with Gasteiger partial charge in [0.25, 0.3) is 0 Å². The van der Waals surface area contributed by atoms with Crippen LogP contribution in [-0.4, -0.2) is 22.8 Å². The number of imidazole rings is 1. The predicted molar refractivity (Wildman–Crippen MR) is 64.6 cm³/mol. The van der Waals surface area contributed by atoms with Crippen LogP contribution >= 0.6 is 0 Å². The van der Waals surface area contributed by atoms with E-state index in [4.69, 9.17) is 4.74 Å². The van der Waals surface area contributed by atoms with Gasteiger partial charge in [0.1, 0.15) is 17.1 Å². The average Bonchev–Trinajstić information content (AvgIpc) is 2.81. The van der Waals surface area contributed by atoms with Crippen molar-refractivity contribution < 1.29 is 9.53 Å². The van der Waals surface area contributed by atoms with Crippen molar-refractivity contribution in [3.63, 3.8) is 0 Å². The third-order valence-electron chi connectivity index (χ3n) is 2.79. The quantitative estimate of drug-likeness (QED) is 0.630. The van der Waals surface area contributed by atoms with Crippen LogP contribution in [0.2, 0.25) is 0 Å². The van der Waals surface area contributed by atoms with Gasteiger partial charge < -0.3 is 9.14 Å². The van der Waals surface area contributed by atoms with Crippen LogP contribution in [0.15, 0.2) is 36.7 Å². The van der Waals surface area contributed by atoms with Crippen LogP contribution in [0, 0.1) is 0 Å². The van der Waals surface area contributed by atoms with Crippen LogP contribution in [-0.2, 0) is 0 Å². The number of fused-ring (bicyclic) bond motifs is 3. The van der Waals surface area contributed by atoms with Crippen LogP contribution in [0.1, 0.15) is 10.5 Å². The predicted octanol–water partition coefficient (Wildman–Crippen LogP) is 2.31. The molecule has 3 aromatic rings. The second kappa shape index (κ2) is 3.59. The Morgan fingerprint density at radius 1 is 1.35 bits per heavy atom. The fraction of sp³-hybridized carbons (Fsp3) is 0.0769. The topological polar surface area (TPSA) is 43.6 Å². The highest BCUT2D eigenvalue weighted by Crippen LogP contribution is 2.24. The van der Waals surface area contributed by atoms with E-state index in [1.165, 1.54) is 0 Å². The van der Waals surface area contributed by atoms with E-state index in [-0.39, 0.29) is 0 Å². The van der Waals surface area contributed by atoms with Gasteiger partial charge in [0, 0.05) is 17.8 Å². The first-order chi connectivity index (χ1) is 8.31. The number of aromatic nitrogens is 2. The summed E-state index contributed by atoms with van der Waals surface area (Å²) in [6.45, 7) is 0. The molecule has 0 aliphatic carbocycles. The Labute approximate surface area is 97.5 Å². The molecular formula is C13H10N2O2. The number of nitrogens with zero attached hydrogens (tertiary/aromatic N) is 2. The van der Waals surface area contributed by atoms with Crippen LogP contribution < -0.4 is 4.74 Å². The minimum Gasteiger partial charge on any atom is -0.497 e. The Balaban J connectivity index is 2.42. The largest absolute Gasteiger partial charge is 0.497 e. The summed E-state index contributed by atoms with van der Waals surface area (Å²) in [6, 6.07) is 7.79. The van der Waals surface area contributed by atoms with Gasteiger partial charge in [-0.3, -0.25) is 4.79 Å². The van der Waals surface area contributed by atoms with Crippen molar-refractivity contribution in [3.8, 4) is 5.75 Å². The van der Waals surface area contributed by atoms with E-state index in [0.717, 1.165) is 28.5 Å². The van der Waals surface area contributed by atoms with Gasteiger partial charge in [-0.05, 0) is 23.6 Å². The summed E-state index contributed by atoms with van der Waals surface area (Å²) in [5.74, 6) is 0.779. The Morgan fingerprint density at radius 2 is 2.24 bits per heavy atom. The number of aldehydes is 1. The van der Waals surface area contributed by atoms with Gasteiger partial charge in [-0.25, -0.2) is 4.98 Å². The molecule has 0 spiro atoms. The number of carbonyl (C=O) groups is 1. The lowest BCUT2D eigenvalue weighted by atomic mass is 10.1. The summed E-state index contributed by atoms with van der Waals surface area (Å²) in [7, 11) is 1.63. The van der Waals surface area contributed by atoms with Gasteiger partial charge in [-0.2, -0.15) is 0 Å². The Hall–Kier alpha value is -2.36. The molecule has 0 aliphatic heterocycles. The number of benzene rings is 1.